The lowest BCUT2D eigenvalue weighted by atomic mass is 9.95. The van der Waals surface area contributed by atoms with Gasteiger partial charge in [-0.05, 0) is 52.2 Å². The number of ketones is 1. The van der Waals surface area contributed by atoms with Crippen molar-refractivity contribution in [2.75, 3.05) is 19.1 Å². The van der Waals surface area contributed by atoms with Crippen molar-refractivity contribution in [3.63, 3.8) is 0 Å². The molecule has 1 atom stereocenters. The molecule has 11 heteroatoms. The van der Waals surface area contributed by atoms with E-state index in [-0.39, 0.29) is 22.0 Å². The van der Waals surface area contributed by atoms with Crippen LogP contribution in [-0.2, 0) is 15.3 Å². The largest absolute Gasteiger partial charge is 0.507 e. The molecule has 216 valence electrons. The van der Waals surface area contributed by atoms with Gasteiger partial charge in [0.15, 0.2) is 15.8 Å². The molecule has 43 heavy (non-hydrogen) atoms. The number of hydrogen-bond donors (Lipinski definition) is 1. The highest BCUT2D eigenvalue weighted by molar-refractivity contribution is 8.00. The Morgan fingerprint density at radius 3 is 2.51 bits per heavy atom. The number of carbonyl (C=O) groups is 2. The molecular weight excluding hydrogens is 606 g/mol. The lowest BCUT2D eigenvalue weighted by molar-refractivity contribution is -0.132. The summed E-state index contributed by atoms with van der Waals surface area (Å²) in [5.41, 5.74) is 1.87. The number of fused-ring (bicyclic) bond motifs is 1. The standard InChI is InChI=1S/C32H24ClN3O5S2/c1-40-24-14-13-20(16-25(24)41-2)28(37)26-27(19-9-6-11-22(33)15-19)36(30(39)29(26)38)31-34-35-32(43-31)42-17-21-10-5-8-18-7-3-4-12-23(18)21/h3-16,27,37H,17H2,1-2H3/b28-26-. The number of aliphatic hydroxyl groups is 1. The van der Waals surface area contributed by atoms with E-state index in [0.717, 1.165) is 16.3 Å². The van der Waals surface area contributed by atoms with Crippen LogP contribution in [0.25, 0.3) is 16.5 Å². The van der Waals surface area contributed by atoms with Crippen LogP contribution >= 0.6 is 34.7 Å². The Morgan fingerprint density at radius 2 is 1.72 bits per heavy atom. The fourth-order valence-electron chi connectivity index (χ4n) is 5.08. The number of carbonyl (C=O) groups excluding carboxylic acids is 2. The molecule has 6 rings (SSSR count). The molecule has 4 aromatic carbocycles. The van der Waals surface area contributed by atoms with Gasteiger partial charge in [0.1, 0.15) is 5.76 Å². The Bertz CT molecular complexity index is 1900. The van der Waals surface area contributed by atoms with E-state index >= 15 is 0 Å². The van der Waals surface area contributed by atoms with Gasteiger partial charge in [-0.25, -0.2) is 0 Å². The van der Waals surface area contributed by atoms with Gasteiger partial charge in [0.05, 0.1) is 25.8 Å². The van der Waals surface area contributed by atoms with E-state index in [2.05, 4.69) is 34.5 Å². The number of ether oxygens (including phenoxy) is 2. The number of anilines is 1. The van der Waals surface area contributed by atoms with Crippen LogP contribution in [0.3, 0.4) is 0 Å². The molecule has 0 radical (unpaired) electrons. The summed E-state index contributed by atoms with van der Waals surface area (Å²) < 4.78 is 11.3. The summed E-state index contributed by atoms with van der Waals surface area (Å²) in [6.45, 7) is 0. The van der Waals surface area contributed by atoms with Crippen molar-refractivity contribution >= 4 is 68.1 Å². The number of methoxy groups -OCH3 is 2. The van der Waals surface area contributed by atoms with Gasteiger partial charge in [0.2, 0.25) is 5.13 Å². The minimum absolute atomic E-state index is 0.0976. The Balaban J connectivity index is 1.38. The molecule has 1 unspecified atom stereocenters. The normalized spacial score (nSPS) is 16.2. The number of nitrogens with zero attached hydrogens (tertiary/aromatic N) is 3. The van der Waals surface area contributed by atoms with Crippen LogP contribution in [0, 0.1) is 0 Å². The van der Waals surface area contributed by atoms with Crippen LogP contribution in [0.4, 0.5) is 5.13 Å². The summed E-state index contributed by atoms with van der Waals surface area (Å²) in [5, 5.41) is 23.1. The Labute approximate surface area is 260 Å². The van der Waals surface area contributed by atoms with E-state index < -0.39 is 17.7 Å². The Kier molecular flexibility index (Phi) is 8.07. The van der Waals surface area contributed by atoms with Gasteiger partial charge in [-0.2, -0.15) is 0 Å². The number of thioether (sulfide) groups is 1. The number of amides is 1. The molecule has 2 heterocycles. The molecule has 1 saturated heterocycles. The van der Waals surface area contributed by atoms with E-state index in [1.54, 1.807) is 42.5 Å². The third kappa shape index (κ3) is 5.45. The van der Waals surface area contributed by atoms with Crippen LogP contribution in [0.15, 0.2) is 94.8 Å². The molecule has 1 fully saturated rings. The zero-order valence-electron chi connectivity index (χ0n) is 23.0. The van der Waals surface area contributed by atoms with Crippen LogP contribution in [0.1, 0.15) is 22.7 Å². The maximum Gasteiger partial charge on any atom is 0.301 e. The van der Waals surface area contributed by atoms with E-state index in [9.17, 15) is 14.7 Å². The van der Waals surface area contributed by atoms with Crippen LogP contribution in [0.5, 0.6) is 11.5 Å². The number of aromatic nitrogens is 2. The smallest absolute Gasteiger partial charge is 0.301 e. The van der Waals surface area contributed by atoms with Crippen molar-refractivity contribution in [3.05, 3.63) is 112 Å². The summed E-state index contributed by atoms with van der Waals surface area (Å²) in [6, 6.07) is 24.9. The second-order valence-corrected chi connectivity index (χ2v) is 12.2. The predicted molar refractivity (Wildman–Crippen MR) is 169 cm³/mol. The van der Waals surface area contributed by atoms with Crippen LogP contribution < -0.4 is 14.4 Å². The third-order valence-electron chi connectivity index (χ3n) is 7.10. The summed E-state index contributed by atoms with van der Waals surface area (Å²) >= 11 is 9.02. The number of hydrogen-bond acceptors (Lipinski definition) is 9. The second-order valence-electron chi connectivity index (χ2n) is 9.57. The number of halogens is 1. The second kappa shape index (κ2) is 12.1. The fraction of sp³-hybridized carbons (Fsp3) is 0.125. The highest BCUT2D eigenvalue weighted by Crippen LogP contribution is 2.45. The Hall–Kier alpha value is -4.38. The maximum absolute atomic E-state index is 13.6. The molecule has 1 N–H and O–H groups in total. The van der Waals surface area contributed by atoms with Gasteiger partial charge in [0, 0.05) is 16.3 Å². The molecule has 1 amide bonds. The van der Waals surface area contributed by atoms with E-state index in [4.69, 9.17) is 21.1 Å². The van der Waals surface area contributed by atoms with Gasteiger partial charge in [-0.3, -0.25) is 14.5 Å². The van der Waals surface area contributed by atoms with E-state index in [0.29, 0.717) is 32.2 Å². The highest BCUT2D eigenvalue weighted by atomic mass is 35.5. The number of rotatable bonds is 8. The molecule has 0 aliphatic carbocycles. The average Bonchev–Trinajstić information content (AvgIpc) is 3.60. The van der Waals surface area contributed by atoms with Gasteiger partial charge in [0.25, 0.3) is 5.78 Å². The first-order valence-electron chi connectivity index (χ1n) is 13.1. The maximum atomic E-state index is 13.6. The van der Waals surface area contributed by atoms with Crippen molar-refractivity contribution in [2.45, 2.75) is 16.1 Å². The summed E-state index contributed by atoms with van der Waals surface area (Å²) in [4.78, 5) is 28.4. The minimum atomic E-state index is -0.990. The van der Waals surface area contributed by atoms with Crippen molar-refractivity contribution in [1.82, 2.24) is 10.2 Å². The quantitative estimate of drug-likeness (QED) is 0.0628. The van der Waals surface area contributed by atoms with Gasteiger partial charge in [-0.1, -0.05) is 89.3 Å². The van der Waals surface area contributed by atoms with Gasteiger partial charge < -0.3 is 14.6 Å². The lowest BCUT2D eigenvalue weighted by Gasteiger charge is -2.22. The van der Waals surface area contributed by atoms with Crippen molar-refractivity contribution in [2.24, 2.45) is 0 Å². The van der Waals surface area contributed by atoms with Gasteiger partial charge >= 0.3 is 5.91 Å². The molecule has 5 aromatic rings. The predicted octanol–water partition coefficient (Wildman–Crippen LogP) is 7.28. The highest BCUT2D eigenvalue weighted by Gasteiger charge is 2.48. The first-order valence-corrected chi connectivity index (χ1v) is 15.3. The molecule has 8 nitrogen and oxygen atoms in total. The van der Waals surface area contributed by atoms with Gasteiger partial charge in [-0.15, -0.1) is 10.2 Å². The lowest BCUT2D eigenvalue weighted by Crippen LogP contribution is -2.29. The third-order valence-corrected chi connectivity index (χ3v) is 9.44. The topological polar surface area (TPSA) is 102 Å². The van der Waals surface area contributed by atoms with E-state index in [1.165, 1.54) is 42.2 Å². The summed E-state index contributed by atoms with van der Waals surface area (Å²) in [5.74, 6) is -0.579. The molecule has 0 bridgehead atoms. The zero-order valence-corrected chi connectivity index (χ0v) is 25.4. The molecule has 1 aromatic heterocycles. The first-order chi connectivity index (χ1) is 20.9. The van der Waals surface area contributed by atoms with Crippen LogP contribution in [0.2, 0.25) is 5.02 Å². The molecular formula is C32H24ClN3O5S2. The van der Waals surface area contributed by atoms with Crippen LogP contribution in [-0.4, -0.2) is 41.2 Å². The fourth-order valence-corrected chi connectivity index (χ4v) is 7.15. The first kappa shape index (κ1) is 28.7. The van der Waals surface area contributed by atoms with Crippen molar-refractivity contribution in [3.8, 4) is 11.5 Å². The summed E-state index contributed by atoms with van der Waals surface area (Å²) in [6.07, 6.45) is 0. The molecule has 1 aliphatic heterocycles. The zero-order chi connectivity index (χ0) is 30.1. The number of aliphatic hydroxyl groups excluding tert-OH is 1. The SMILES string of the molecule is COc1ccc(/C(O)=C2/C(=O)C(=O)N(c3nnc(SCc4cccc5ccccc45)s3)C2c2cccc(Cl)c2)cc1OC. The molecule has 1 aliphatic rings. The molecule has 0 saturated carbocycles. The number of Topliss-reactive ketones (excluding diaryl/α,β-unsaturated/α-hetero) is 1. The minimum Gasteiger partial charge on any atom is -0.507 e. The average molecular weight is 630 g/mol. The molecule has 0 spiro atoms. The monoisotopic (exact) mass is 629 g/mol. The Morgan fingerprint density at radius 1 is 0.953 bits per heavy atom. The number of benzene rings is 4. The van der Waals surface area contributed by atoms with Crippen molar-refractivity contribution < 1.29 is 24.2 Å². The summed E-state index contributed by atoms with van der Waals surface area (Å²) in [7, 11) is 2.97. The van der Waals surface area contributed by atoms with E-state index in [1.807, 2.05) is 18.2 Å². The van der Waals surface area contributed by atoms with Crippen molar-refractivity contribution in [1.29, 1.82) is 0 Å².